The Morgan fingerprint density at radius 1 is 0.467 bits per heavy atom. The average molecular weight is 1070 g/mol. The van der Waals surface area contributed by atoms with Crippen molar-refractivity contribution in [3.63, 3.8) is 0 Å². The van der Waals surface area contributed by atoms with E-state index >= 15 is 0 Å². The van der Waals surface area contributed by atoms with Gasteiger partial charge in [0.05, 0.1) is 39.9 Å². The molecule has 0 saturated heterocycles. The molecule has 0 bridgehead atoms. The summed E-state index contributed by atoms with van der Waals surface area (Å²) in [6.07, 6.45) is 77.5. The lowest BCUT2D eigenvalue weighted by Crippen LogP contribution is -2.45. The second kappa shape index (κ2) is 56.9. The number of nitrogens with one attached hydrogen (secondary N) is 1. The van der Waals surface area contributed by atoms with Crippen LogP contribution in [0.1, 0.15) is 303 Å². The van der Waals surface area contributed by atoms with Crippen LogP contribution in [0.15, 0.2) is 60.8 Å². The molecule has 0 saturated carbocycles. The fourth-order valence-electron chi connectivity index (χ4n) is 9.41. The molecule has 0 aromatic carbocycles. The number of likely N-dealkylation sites (N-methyl/N-ethyl adjacent to an activating group) is 1. The molecule has 440 valence electrons. The van der Waals surface area contributed by atoms with Gasteiger partial charge in [-0.1, -0.05) is 286 Å². The predicted octanol–water partition coefficient (Wildman–Crippen LogP) is 19.4. The Labute approximate surface area is 466 Å². The number of phosphoric acid groups is 1. The first-order valence-electron chi connectivity index (χ1n) is 32.2. The van der Waals surface area contributed by atoms with Crippen molar-refractivity contribution in [2.24, 2.45) is 0 Å². The van der Waals surface area contributed by atoms with Crippen molar-refractivity contribution in [3.05, 3.63) is 60.8 Å². The van der Waals surface area contributed by atoms with Crippen LogP contribution in [0.2, 0.25) is 0 Å². The summed E-state index contributed by atoms with van der Waals surface area (Å²) in [7, 11) is 1.25. The molecule has 0 radical (unpaired) electrons. The number of hydrogen-bond donors (Lipinski definition) is 2. The summed E-state index contributed by atoms with van der Waals surface area (Å²) in [6, 6.07) is -0.905. The highest BCUT2D eigenvalue weighted by atomic mass is 31.2. The number of allylic oxidation sites excluding steroid dienone is 9. The van der Waals surface area contributed by atoms with Crippen molar-refractivity contribution in [1.82, 2.24) is 5.32 Å². The Morgan fingerprint density at radius 2 is 0.787 bits per heavy atom. The van der Waals surface area contributed by atoms with Crippen LogP contribution < -0.4 is 10.2 Å². The second-order valence-electron chi connectivity index (χ2n) is 23.1. The number of quaternary nitrogens is 1. The highest BCUT2D eigenvalue weighted by Crippen LogP contribution is 2.38. The summed E-state index contributed by atoms with van der Waals surface area (Å²) in [6.45, 7) is 4.65. The summed E-state index contributed by atoms with van der Waals surface area (Å²) in [5, 5.41) is 13.9. The Balaban J connectivity index is 4.10. The summed E-state index contributed by atoms with van der Waals surface area (Å²) in [5.74, 6) is -0.204. The highest BCUT2D eigenvalue weighted by Gasteiger charge is 2.23. The monoisotopic (exact) mass is 1070 g/mol. The van der Waals surface area contributed by atoms with Gasteiger partial charge >= 0.3 is 0 Å². The van der Waals surface area contributed by atoms with Crippen molar-refractivity contribution in [1.29, 1.82) is 0 Å². The lowest BCUT2D eigenvalue weighted by Gasteiger charge is -2.29. The zero-order chi connectivity index (χ0) is 54.9. The largest absolute Gasteiger partial charge is 0.756 e. The zero-order valence-corrected chi connectivity index (χ0v) is 51.1. The fraction of sp³-hybridized carbons (Fsp3) is 0.833. The maximum atomic E-state index is 13.0. The van der Waals surface area contributed by atoms with E-state index in [0.29, 0.717) is 17.4 Å². The smallest absolute Gasteiger partial charge is 0.268 e. The molecule has 75 heavy (non-hydrogen) atoms. The standard InChI is InChI=1S/C66H125N2O6P/c1-6-8-10-12-14-16-18-20-22-24-26-28-29-30-31-32-33-34-35-36-37-38-39-40-42-44-46-48-50-52-54-56-58-60-66(70)67-64(63-74-75(71,72)73-62-61-68(3,4)5)65(69)59-57-55-53-51-49-47-45-43-41-27-25-23-21-19-17-15-13-11-9-7-2/h18,20,24,26,29-30,49,51,57,59,64-65,69H,6-17,19,21-23,25,27-28,31-48,50,52-56,58,60-63H2,1-5H3,(H-,67,70,71,72)/b20-18-,26-24-,30-29-,51-49+,59-57+. The van der Waals surface area contributed by atoms with Gasteiger partial charge in [0, 0.05) is 6.42 Å². The maximum Gasteiger partial charge on any atom is 0.268 e. The van der Waals surface area contributed by atoms with Crippen LogP contribution >= 0.6 is 7.82 Å². The number of amides is 1. The number of phosphoric ester groups is 1. The molecule has 0 aliphatic carbocycles. The summed E-state index contributed by atoms with van der Waals surface area (Å²) >= 11 is 0. The van der Waals surface area contributed by atoms with E-state index in [0.717, 1.165) is 51.4 Å². The number of hydrogen-bond acceptors (Lipinski definition) is 6. The van der Waals surface area contributed by atoms with E-state index in [1.807, 2.05) is 27.2 Å². The van der Waals surface area contributed by atoms with Crippen molar-refractivity contribution < 1.29 is 32.9 Å². The minimum absolute atomic E-state index is 0.00646. The van der Waals surface area contributed by atoms with Crippen LogP contribution in [0.5, 0.6) is 0 Å². The normalized spacial score (nSPS) is 14.2. The van der Waals surface area contributed by atoms with Gasteiger partial charge in [0.1, 0.15) is 13.2 Å². The van der Waals surface area contributed by atoms with Gasteiger partial charge in [0.15, 0.2) is 0 Å². The Kier molecular flexibility index (Phi) is 55.5. The lowest BCUT2D eigenvalue weighted by atomic mass is 10.0. The molecule has 0 aromatic heterocycles. The molecule has 0 aliphatic rings. The second-order valence-corrected chi connectivity index (χ2v) is 24.5. The predicted molar refractivity (Wildman–Crippen MR) is 325 cm³/mol. The average Bonchev–Trinajstić information content (AvgIpc) is 3.37. The highest BCUT2D eigenvalue weighted by molar-refractivity contribution is 7.45. The first-order chi connectivity index (χ1) is 36.5. The third-order valence-electron chi connectivity index (χ3n) is 14.4. The van der Waals surface area contributed by atoms with Crippen LogP contribution in [-0.4, -0.2) is 68.5 Å². The van der Waals surface area contributed by atoms with Crippen molar-refractivity contribution in [3.8, 4) is 0 Å². The Bertz CT molecular complexity index is 1400. The molecule has 0 heterocycles. The molecule has 2 N–H and O–H groups in total. The Hall–Kier alpha value is -1.80. The van der Waals surface area contributed by atoms with E-state index < -0.39 is 26.6 Å². The number of carbonyl (C=O) groups excluding carboxylic acids is 1. The van der Waals surface area contributed by atoms with Crippen molar-refractivity contribution in [2.45, 2.75) is 315 Å². The van der Waals surface area contributed by atoms with E-state index in [4.69, 9.17) is 9.05 Å². The quantitative estimate of drug-likeness (QED) is 0.0272. The first kappa shape index (κ1) is 73.2. The molecule has 0 aliphatic heterocycles. The SMILES string of the molecule is CCCCCCC/C=C\C/C=C\C/C=C\CCCCCCCCCCCCCCCCCCCCC(=O)NC(COP(=O)([O-])OCC[N+](C)(C)C)C(O)/C=C/CC/C=C/CCCCCCCCCCCCCCCC. The van der Waals surface area contributed by atoms with Crippen LogP contribution in [0, 0.1) is 0 Å². The molecule has 0 fully saturated rings. The molecule has 0 aromatic rings. The number of unbranched alkanes of at least 4 members (excludes halogenated alkanes) is 38. The minimum atomic E-state index is -4.61. The maximum absolute atomic E-state index is 13.0. The van der Waals surface area contributed by atoms with E-state index in [1.165, 1.54) is 231 Å². The van der Waals surface area contributed by atoms with Crippen molar-refractivity contribution in [2.75, 3.05) is 40.9 Å². The van der Waals surface area contributed by atoms with Crippen LogP contribution in [0.25, 0.3) is 0 Å². The molecule has 3 atom stereocenters. The van der Waals surface area contributed by atoms with Gasteiger partial charge in [-0.15, -0.1) is 0 Å². The molecule has 3 unspecified atom stereocenters. The van der Waals surface area contributed by atoms with E-state index in [2.05, 4.69) is 67.8 Å². The van der Waals surface area contributed by atoms with Gasteiger partial charge in [-0.25, -0.2) is 0 Å². The van der Waals surface area contributed by atoms with E-state index in [1.54, 1.807) is 6.08 Å². The Morgan fingerprint density at radius 3 is 1.17 bits per heavy atom. The number of aliphatic hydroxyl groups excluding tert-OH is 1. The van der Waals surface area contributed by atoms with Gasteiger partial charge in [-0.3, -0.25) is 9.36 Å². The summed E-state index contributed by atoms with van der Waals surface area (Å²) in [5.41, 5.74) is 0. The van der Waals surface area contributed by atoms with Gasteiger partial charge in [-0.05, 0) is 70.6 Å². The van der Waals surface area contributed by atoms with Gasteiger partial charge in [-0.2, -0.15) is 0 Å². The first-order valence-corrected chi connectivity index (χ1v) is 33.6. The molecule has 0 spiro atoms. The zero-order valence-electron chi connectivity index (χ0n) is 50.3. The van der Waals surface area contributed by atoms with Crippen LogP contribution in [0.4, 0.5) is 0 Å². The van der Waals surface area contributed by atoms with Crippen molar-refractivity contribution >= 4 is 13.7 Å². The van der Waals surface area contributed by atoms with Crippen LogP contribution in [-0.2, 0) is 18.4 Å². The van der Waals surface area contributed by atoms with Gasteiger partial charge < -0.3 is 28.8 Å². The molecule has 9 heteroatoms. The van der Waals surface area contributed by atoms with E-state index in [-0.39, 0.29) is 12.5 Å². The van der Waals surface area contributed by atoms with Gasteiger partial charge in [0.2, 0.25) is 5.91 Å². The third kappa shape index (κ3) is 59.7. The third-order valence-corrected chi connectivity index (χ3v) is 15.4. The number of nitrogens with zero attached hydrogens (tertiary/aromatic N) is 1. The van der Waals surface area contributed by atoms with E-state index in [9.17, 15) is 19.4 Å². The fourth-order valence-corrected chi connectivity index (χ4v) is 10.1. The molecule has 1 amide bonds. The lowest BCUT2D eigenvalue weighted by molar-refractivity contribution is -0.870. The molecular formula is C66H125N2O6P. The molecule has 0 rings (SSSR count). The molecule has 8 nitrogen and oxygen atoms in total. The van der Waals surface area contributed by atoms with Gasteiger partial charge in [0.25, 0.3) is 7.82 Å². The number of aliphatic hydroxyl groups is 1. The minimum Gasteiger partial charge on any atom is -0.756 e. The number of carbonyl (C=O) groups is 1. The summed E-state index contributed by atoms with van der Waals surface area (Å²) < 4.78 is 23.4. The molecular weight excluding hydrogens is 948 g/mol. The topological polar surface area (TPSA) is 108 Å². The van der Waals surface area contributed by atoms with Crippen LogP contribution in [0.3, 0.4) is 0 Å². The number of rotatable bonds is 59. The summed E-state index contributed by atoms with van der Waals surface area (Å²) in [4.78, 5) is 25.6.